The largest absolute Gasteiger partial charge is 0.486 e. The number of nitrogens with zero attached hydrogens (tertiary/aromatic N) is 1. The van der Waals surface area contributed by atoms with Crippen LogP contribution in [0.3, 0.4) is 0 Å². The summed E-state index contributed by atoms with van der Waals surface area (Å²) in [6, 6.07) is 15.0. The molecule has 21 heavy (non-hydrogen) atoms. The molecular weight excluding hydrogens is 289 g/mol. The van der Waals surface area contributed by atoms with Crippen molar-refractivity contribution in [1.29, 1.82) is 0 Å². The van der Waals surface area contributed by atoms with Gasteiger partial charge in [0.2, 0.25) is 0 Å². The van der Waals surface area contributed by atoms with Gasteiger partial charge in [0.15, 0.2) is 7.14 Å². The molecule has 0 aromatic heterocycles. The van der Waals surface area contributed by atoms with E-state index in [-0.39, 0.29) is 12.0 Å². The van der Waals surface area contributed by atoms with Crippen LogP contribution >= 0.6 is 7.14 Å². The molecule has 0 amide bonds. The van der Waals surface area contributed by atoms with Crippen molar-refractivity contribution in [2.24, 2.45) is 0 Å². The molecule has 1 unspecified atom stereocenters. The van der Waals surface area contributed by atoms with Crippen molar-refractivity contribution in [3.8, 4) is 5.75 Å². The van der Waals surface area contributed by atoms with Crippen molar-refractivity contribution < 1.29 is 14.2 Å². The molecule has 0 saturated carbocycles. The summed E-state index contributed by atoms with van der Waals surface area (Å²) < 4.78 is 18.5. The molecule has 0 saturated heterocycles. The lowest BCUT2D eigenvalue weighted by atomic mass is 10.3. The van der Waals surface area contributed by atoms with Gasteiger partial charge in [-0.3, -0.25) is 10.1 Å². The summed E-state index contributed by atoms with van der Waals surface area (Å²) >= 11 is 0. The maximum absolute atomic E-state index is 12.9. The fourth-order valence-corrected chi connectivity index (χ4v) is 3.66. The van der Waals surface area contributed by atoms with Crippen LogP contribution in [0, 0.1) is 10.1 Å². The first-order chi connectivity index (χ1) is 10.0. The molecule has 0 fully saturated rings. The van der Waals surface area contributed by atoms with Crippen LogP contribution in [-0.4, -0.2) is 17.4 Å². The van der Waals surface area contributed by atoms with Gasteiger partial charge in [-0.1, -0.05) is 37.3 Å². The lowest BCUT2D eigenvalue weighted by Gasteiger charge is -2.17. The smallest absolute Gasteiger partial charge is 0.269 e. The first-order valence-electron chi connectivity index (χ1n) is 6.56. The summed E-state index contributed by atoms with van der Waals surface area (Å²) in [4.78, 5) is 10.1. The molecule has 0 spiro atoms. The van der Waals surface area contributed by atoms with Gasteiger partial charge < -0.3 is 9.30 Å². The highest BCUT2D eigenvalue weighted by molar-refractivity contribution is 7.71. The molecule has 0 bridgehead atoms. The van der Waals surface area contributed by atoms with Crippen LogP contribution in [0.1, 0.15) is 6.92 Å². The van der Waals surface area contributed by atoms with Gasteiger partial charge in [-0.25, -0.2) is 0 Å². The molecule has 110 valence electrons. The third-order valence-electron chi connectivity index (χ3n) is 3.22. The zero-order valence-electron chi connectivity index (χ0n) is 11.6. The molecular formula is C15H16NO4P. The minimum absolute atomic E-state index is 0.00378. The van der Waals surface area contributed by atoms with Gasteiger partial charge in [-0.2, -0.15) is 0 Å². The van der Waals surface area contributed by atoms with Crippen molar-refractivity contribution in [3.05, 3.63) is 64.7 Å². The van der Waals surface area contributed by atoms with Gasteiger partial charge in [0.05, 0.1) is 4.92 Å². The predicted octanol–water partition coefficient (Wildman–Crippen LogP) is 3.64. The minimum atomic E-state index is -2.61. The second-order valence-corrected chi connectivity index (χ2v) is 7.75. The van der Waals surface area contributed by atoms with Gasteiger partial charge in [0, 0.05) is 23.6 Å². The third-order valence-corrected chi connectivity index (χ3v) is 6.03. The molecule has 1 atom stereocenters. The highest BCUT2D eigenvalue weighted by Crippen LogP contribution is 2.43. The Morgan fingerprint density at radius 1 is 1.10 bits per heavy atom. The van der Waals surface area contributed by atoms with Crippen molar-refractivity contribution in [3.63, 3.8) is 0 Å². The van der Waals surface area contributed by atoms with E-state index >= 15 is 0 Å². The van der Waals surface area contributed by atoms with Crippen LogP contribution in [0.2, 0.25) is 0 Å². The highest BCUT2D eigenvalue weighted by atomic mass is 31.2. The van der Waals surface area contributed by atoms with Crippen molar-refractivity contribution in [1.82, 2.24) is 0 Å². The second kappa shape index (κ2) is 6.55. The maximum atomic E-state index is 12.9. The lowest BCUT2D eigenvalue weighted by molar-refractivity contribution is -0.384. The average Bonchev–Trinajstić information content (AvgIpc) is 2.54. The molecule has 5 nitrogen and oxygen atoms in total. The van der Waals surface area contributed by atoms with E-state index < -0.39 is 12.1 Å². The lowest BCUT2D eigenvalue weighted by Crippen LogP contribution is -2.12. The summed E-state index contributed by atoms with van der Waals surface area (Å²) in [5, 5.41) is 11.4. The monoisotopic (exact) mass is 305 g/mol. The number of nitro groups is 1. The Bertz CT molecular complexity index is 655. The zero-order chi connectivity index (χ0) is 15.3. The topological polar surface area (TPSA) is 69.4 Å². The SMILES string of the molecule is CCP(=O)(COc1ccc([N+](=O)[O-])cc1)c1ccccc1. The van der Waals surface area contributed by atoms with Crippen LogP contribution in [0.25, 0.3) is 0 Å². The van der Waals surface area contributed by atoms with Gasteiger partial charge in [-0.15, -0.1) is 0 Å². The second-order valence-electron chi connectivity index (χ2n) is 4.57. The van der Waals surface area contributed by atoms with Crippen LogP contribution in [0.4, 0.5) is 5.69 Å². The highest BCUT2D eigenvalue weighted by Gasteiger charge is 2.23. The zero-order valence-corrected chi connectivity index (χ0v) is 12.5. The normalized spacial score (nSPS) is 13.4. The van der Waals surface area contributed by atoms with Gasteiger partial charge in [-0.05, 0) is 12.1 Å². The number of nitro benzene ring substituents is 1. The number of rotatable bonds is 6. The number of benzene rings is 2. The van der Waals surface area contributed by atoms with Gasteiger partial charge >= 0.3 is 0 Å². The number of hydrogen-bond donors (Lipinski definition) is 0. The number of hydrogen-bond acceptors (Lipinski definition) is 4. The number of ether oxygens (including phenoxy) is 1. The van der Waals surface area contributed by atoms with E-state index in [1.54, 1.807) is 0 Å². The standard InChI is InChI=1S/C15H16NO4P/c1-2-21(19,15-6-4-3-5-7-15)12-20-14-10-8-13(9-11-14)16(17)18/h3-11H,2,12H2,1H3. The predicted molar refractivity (Wildman–Crippen MR) is 82.8 cm³/mol. The van der Waals surface area contributed by atoms with Crippen LogP contribution < -0.4 is 10.0 Å². The fourth-order valence-electron chi connectivity index (χ4n) is 1.89. The van der Waals surface area contributed by atoms with Gasteiger partial charge in [0.25, 0.3) is 5.69 Å². The molecule has 0 heterocycles. The van der Waals surface area contributed by atoms with E-state index in [1.807, 2.05) is 37.3 Å². The Labute approximate surface area is 123 Å². The van der Waals surface area contributed by atoms with E-state index in [1.165, 1.54) is 24.3 Å². The molecule has 0 radical (unpaired) electrons. The van der Waals surface area contributed by atoms with E-state index in [4.69, 9.17) is 4.74 Å². The Kier molecular flexibility index (Phi) is 4.76. The van der Waals surface area contributed by atoms with E-state index in [0.717, 1.165) is 5.30 Å². The van der Waals surface area contributed by atoms with Crippen LogP contribution in [0.5, 0.6) is 5.75 Å². The Hall–Kier alpha value is -2.13. The average molecular weight is 305 g/mol. The Balaban J connectivity index is 2.10. The molecule has 0 aliphatic heterocycles. The minimum Gasteiger partial charge on any atom is -0.486 e. The first kappa shape index (κ1) is 15.3. The van der Waals surface area contributed by atoms with Crippen LogP contribution in [-0.2, 0) is 4.57 Å². The van der Waals surface area contributed by atoms with E-state index in [9.17, 15) is 14.7 Å². The molecule has 2 aromatic rings. The molecule has 2 aromatic carbocycles. The first-order valence-corrected chi connectivity index (χ1v) is 8.64. The summed E-state index contributed by atoms with van der Waals surface area (Å²) in [6.45, 7) is 1.87. The fraction of sp³-hybridized carbons (Fsp3) is 0.200. The summed E-state index contributed by atoms with van der Waals surface area (Å²) in [5.41, 5.74) is 0.00378. The Morgan fingerprint density at radius 3 is 2.24 bits per heavy atom. The van der Waals surface area contributed by atoms with Crippen LogP contribution in [0.15, 0.2) is 54.6 Å². The van der Waals surface area contributed by atoms with Gasteiger partial charge in [0.1, 0.15) is 12.1 Å². The third kappa shape index (κ3) is 3.70. The molecule has 6 heteroatoms. The Morgan fingerprint density at radius 2 is 1.71 bits per heavy atom. The molecule has 0 aliphatic rings. The molecule has 0 aliphatic carbocycles. The van der Waals surface area contributed by atoms with Crippen molar-refractivity contribution in [2.75, 3.05) is 12.5 Å². The van der Waals surface area contributed by atoms with E-state index in [0.29, 0.717) is 11.9 Å². The van der Waals surface area contributed by atoms with E-state index in [2.05, 4.69) is 0 Å². The molecule has 2 rings (SSSR count). The van der Waals surface area contributed by atoms with Crippen molar-refractivity contribution >= 4 is 18.1 Å². The van der Waals surface area contributed by atoms with Crippen molar-refractivity contribution in [2.45, 2.75) is 6.92 Å². The summed E-state index contributed by atoms with van der Waals surface area (Å²) in [7, 11) is -2.61. The maximum Gasteiger partial charge on any atom is 0.269 e. The summed E-state index contributed by atoms with van der Waals surface area (Å²) in [5.74, 6) is 0.477. The summed E-state index contributed by atoms with van der Waals surface area (Å²) in [6.07, 6.45) is 0.593. The molecule has 0 N–H and O–H groups in total. The number of non-ortho nitro benzene ring substituents is 1. The quantitative estimate of drug-likeness (QED) is 0.464.